The highest BCUT2D eigenvalue weighted by Gasteiger charge is 2.28. The van der Waals surface area contributed by atoms with Crippen molar-refractivity contribution in [3.8, 4) is 0 Å². The minimum atomic E-state index is -0.189. The van der Waals surface area contributed by atoms with Gasteiger partial charge < -0.3 is 9.84 Å². The second-order valence-corrected chi connectivity index (χ2v) is 5.72. The molecule has 0 atom stereocenters. The fourth-order valence-corrected chi connectivity index (χ4v) is 2.43. The van der Waals surface area contributed by atoms with E-state index in [1.165, 1.54) is 6.33 Å². The number of hydrogen-bond donors (Lipinski definition) is 1. The number of nitrogens with one attached hydrogen (secondary N) is 1. The molecule has 3 heterocycles. The molecule has 0 bridgehead atoms. The van der Waals surface area contributed by atoms with Crippen molar-refractivity contribution in [2.45, 2.75) is 31.6 Å². The van der Waals surface area contributed by atoms with Crippen molar-refractivity contribution >= 4 is 11.7 Å². The lowest BCUT2D eigenvalue weighted by molar-refractivity contribution is 0.0944. The second-order valence-electron chi connectivity index (χ2n) is 5.72. The Labute approximate surface area is 131 Å². The predicted molar refractivity (Wildman–Crippen MR) is 79.9 cm³/mol. The lowest BCUT2D eigenvalue weighted by Gasteiger charge is -2.03. The third kappa shape index (κ3) is 3.05. The highest BCUT2D eigenvalue weighted by atomic mass is 16.5. The first-order chi connectivity index (χ1) is 11.3. The predicted octanol–water partition coefficient (Wildman–Crippen LogP) is 1.35. The van der Waals surface area contributed by atoms with Crippen molar-refractivity contribution < 1.29 is 9.32 Å². The normalized spacial score (nSPS) is 14.3. The quantitative estimate of drug-likeness (QED) is 0.690. The van der Waals surface area contributed by atoms with Crippen LogP contribution in [0, 0.1) is 0 Å². The number of rotatable bonds is 6. The molecule has 3 aromatic heterocycles. The first kappa shape index (κ1) is 13.9. The number of aromatic nitrogens is 5. The molecular weight excluding hydrogens is 296 g/mol. The SMILES string of the molecule is O=C(NCCCc1cnc2ncnn2c1)c1cc(C2CC2)on1. The topological polar surface area (TPSA) is 98.2 Å². The van der Waals surface area contributed by atoms with Gasteiger partial charge in [0.2, 0.25) is 0 Å². The minimum absolute atomic E-state index is 0.189. The lowest BCUT2D eigenvalue weighted by Crippen LogP contribution is -2.25. The van der Waals surface area contributed by atoms with Crippen LogP contribution < -0.4 is 5.32 Å². The summed E-state index contributed by atoms with van der Waals surface area (Å²) in [6, 6.07) is 1.75. The van der Waals surface area contributed by atoms with Crippen LogP contribution in [0.5, 0.6) is 0 Å². The average Bonchev–Trinajstić information content (AvgIpc) is 3.12. The minimum Gasteiger partial charge on any atom is -0.360 e. The highest BCUT2D eigenvalue weighted by Crippen LogP contribution is 2.40. The number of fused-ring (bicyclic) bond motifs is 1. The molecule has 0 unspecified atom stereocenters. The molecule has 1 aliphatic rings. The molecule has 4 rings (SSSR count). The summed E-state index contributed by atoms with van der Waals surface area (Å²) < 4.78 is 6.83. The van der Waals surface area contributed by atoms with Gasteiger partial charge in [0, 0.05) is 30.9 Å². The van der Waals surface area contributed by atoms with Crippen LogP contribution in [0.15, 0.2) is 29.3 Å². The van der Waals surface area contributed by atoms with Gasteiger partial charge in [0.15, 0.2) is 5.69 Å². The van der Waals surface area contributed by atoms with E-state index >= 15 is 0 Å². The van der Waals surface area contributed by atoms with E-state index in [0.717, 1.165) is 37.0 Å². The summed E-state index contributed by atoms with van der Waals surface area (Å²) in [6.45, 7) is 0.569. The molecule has 1 aliphatic carbocycles. The number of aryl methyl sites for hydroxylation is 1. The Kier molecular flexibility index (Phi) is 3.49. The van der Waals surface area contributed by atoms with Gasteiger partial charge in [-0.25, -0.2) is 9.50 Å². The van der Waals surface area contributed by atoms with E-state index in [9.17, 15) is 4.79 Å². The number of amides is 1. The number of carbonyl (C=O) groups excluding carboxylic acids is 1. The van der Waals surface area contributed by atoms with Crippen LogP contribution in [-0.2, 0) is 6.42 Å². The van der Waals surface area contributed by atoms with Crippen LogP contribution in [0.25, 0.3) is 5.78 Å². The van der Waals surface area contributed by atoms with Gasteiger partial charge in [-0.3, -0.25) is 4.79 Å². The van der Waals surface area contributed by atoms with Crippen LogP contribution in [0.4, 0.5) is 0 Å². The van der Waals surface area contributed by atoms with E-state index in [4.69, 9.17) is 4.52 Å². The van der Waals surface area contributed by atoms with Crippen molar-refractivity contribution in [2.24, 2.45) is 0 Å². The zero-order chi connectivity index (χ0) is 15.6. The van der Waals surface area contributed by atoms with Crippen molar-refractivity contribution in [1.82, 2.24) is 30.1 Å². The zero-order valence-corrected chi connectivity index (χ0v) is 12.5. The second kappa shape index (κ2) is 5.79. The molecule has 0 saturated heterocycles. The van der Waals surface area contributed by atoms with Crippen molar-refractivity contribution in [3.05, 3.63) is 41.8 Å². The molecule has 0 aliphatic heterocycles. The summed E-state index contributed by atoms with van der Waals surface area (Å²) >= 11 is 0. The Morgan fingerprint density at radius 1 is 1.39 bits per heavy atom. The molecule has 8 nitrogen and oxygen atoms in total. The number of nitrogens with zero attached hydrogens (tertiary/aromatic N) is 5. The fourth-order valence-electron chi connectivity index (χ4n) is 2.43. The van der Waals surface area contributed by atoms with Crippen LogP contribution in [0.3, 0.4) is 0 Å². The third-order valence-corrected chi connectivity index (χ3v) is 3.86. The lowest BCUT2D eigenvalue weighted by atomic mass is 10.2. The van der Waals surface area contributed by atoms with Crippen LogP contribution >= 0.6 is 0 Å². The zero-order valence-electron chi connectivity index (χ0n) is 12.5. The number of hydrogen-bond acceptors (Lipinski definition) is 6. The molecule has 118 valence electrons. The maximum Gasteiger partial charge on any atom is 0.273 e. The van der Waals surface area contributed by atoms with Crippen LogP contribution in [0.2, 0.25) is 0 Å². The summed E-state index contributed by atoms with van der Waals surface area (Å²) in [5, 5.41) is 10.7. The summed E-state index contributed by atoms with van der Waals surface area (Å²) in [4.78, 5) is 20.2. The Hall–Kier alpha value is -2.77. The van der Waals surface area contributed by atoms with Gasteiger partial charge >= 0.3 is 0 Å². The summed E-state index contributed by atoms with van der Waals surface area (Å²) in [5.41, 5.74) is 1.41. The molecule has 0 radical (unpaired) electrons. The van der Waals surface area contributed by atoms with E-state index in [2.05, 4.69) is 25.5 Å². The Balaban J connectivity index is 1.26. The first-order valence-electron chi connectivity index (χ1n) is 7.69. The molecular formula is C15H16N6O2. The first-order valence-corrected chi connectivity index (χ1v) is 7.69. The van der Waals surface area contributed by atoms with Crippen LogP contribution in [-0.4, -0.2) is 37.2 Å². The van der Waals surface area contributed by atoms with Crippen molar-refractivity contribution in [1.29, 1.82) is 0 Å². The van der Waals surface area contributed by atoms with E-state index in [0.29, 0.717) is 23.9 Å². The molecule has 0 spiro atoms. The van der Waals surface area contributed by atoms with Gasteiger partial charge in [0.05, 0.1) is 0 Å². The standard InChI is InChI=1S/C15H16N6O2/c22-14(12-6-13(23-20-12)11-3-4-11)16-5-1-2-10-7-17-15-18-9-19-21(15)8-10/h6-9,11H,1-5H2,(H,16,22). The van der Waals surface area contributed by atoms with Gasteiger partial charge in [-0.1, -0.05) is 5.16 Å². The van der Waals surface area contributed by atoms with E-state index in [1.54, 1.807) is 16.8 Å². The maximum absolute atomic E-state index is 12.0. The molecule has 8 heteroatoms. The van der Waals surface area contributed by atoms with Crippen molar-refractivity contribution in [3.63, 3.8) is 0 Å². The highest BCUT2D eigenvalue weighted by molar-refractivity contribution is 5.92. The van der Waals surface area contributed by atoms with Gasteiger partial charge in [-0.15, -0.1) is 0 Å². The Bertz CT molecular complexity index is 835. The monoisotopic (exact) mass is 312 g/mol. The molecule has 1 amide bonds. The molecule has 1 N–H and O–H groups in total. The number of carbonyl (C=O) groups is 1. The van der Waals surface area contributed by atoms with Crippen molar-refractivity contribution in [2.75, 3.05) is 6.54 Å². The summed E-state index contributed by atoms with van der Waals surface area (Å²) in [5.74, 6) is 1.68. The Morgan fingerprint density at radius 3 is 3.17 bits per heavy atom. The van der Waals surface area contributed by atoms with E-state index in [-0.39, 0.29) is 5.91 Å². The molecule has 0 aromatic carbocycles. The van der Waals surface area contributed by atoms with Gasteiger partial charge in [-0.05, 0) is 31.2 Å². The molecule has 1 fully saturated rings. The summed E-state index contributed by atoms with van der Waals surface area (Å²) in [7, 11) is 0. The van der Waals surface area contributed by atoms with Gasteiger partial charge in [0.1, 0.15) is 12.1 Å². The van der Waals surface area contributed by atoms with E-state index in [1.807, 2.05) is 6.20 Å². The Morgan fingerprint density at radius 2 is 2.30 bits per heavy atom. The molecule has 23 heavy (non-hydrogen) atoms. The molecule has 1 saturated carbocycles. The smallest absolute Gasteiger partial charge is 0.273 e. The van der Waals surface area contributed by atoms with E-state index < -0.39 is 0 Å². The van der Waals surface area contributed by atoms with Crippen LogP contribution in [0.1, 0.15) is 47.0 Å². The van der Waals surface area contributed by atoms with Gasteiger partial charge in [-0.2, -0.15) is 10.1 Å². The summed E-state index contributed by atoms with van der Waals surface area (Å²) in [6.07, 6.45) is 9.01. The molecule has 3 aromatic rings. The largest absolute Gasteiger partial charge is 0.360 e. The maximum atomic E-state index is 12.0. The average molecular weight is 312 g/mol. The van der Waals surface area contributed by atoms with Gasteiger partial charge in [0.25, 0.3) is 11.7 Å². The fraction of sp³-hybridized carbons (Fsp3) is 0.400. The third-order valence-electron chi connectivity index (χ3n) is 3.86.